The van der Waals surface area contributed by atoms with Crippen LogP contribution >= 0.6 is 0 Å². The summed E-state index contributed by atoms with van der Waals surface area (Å²) < 4.78 is 5.30. The minimum Gasteiger partial charge on any atom is -0.444 e. The van der Waals surface area contributed by atoms with Gasteiger partial charge in [0, 0.05) is 33.2 Å². The molecule has 1 heterocycles. The van der Waals surface area contributed by atoms with Gasteiger partial charge in [0.1, 0.15) is 5.60 Å². The van der Waals surface area contributed by atoms with Crippen LogP contribution in [0.1, 0.15) is 20.8 Å². The quantitative estimate of drug-likeness (QED) is 0.749. The molecule has 0 aliphatic carbocycles. The first kappa shape index (κ1) is 17.2. The van der Waals surface area contributed by atoms with Crippen LogP contribution in [-0.2, 0) is 9.53 Å². The van der Waals surface area contributed by atoms with Gasteiger partial charge in [-0.1, -0.05) is 0 Å². The van der Waals surface area contributed by atoms with E-state index in [2.05, 4.69) is 10.6 Å². The van der Waals surface area contributed by atoms with Gasteiger partial charge in [-0.05, 0) is 20.8 Å². The lowest BCUT2D eigenvalue weighted by molar-refractivity contribution is -0.121. The van der Waals surface area contributed by atoms with E-state index in [9.17, 15) is 14.4 Å². The van der Waals surface area contributed by atoms with Gasteiger partial charge in [0.25, 0.3) is 0 Å². The molecule has 8 heteroatoms. The highest BCUT2D eigenvalue weighted by Gasteiger charge is 2.26. The number of hydrogen-bond acceptors (Lipinski definition) is 5. The molecular weight excluding hydrogens is 276 g/mol. The van der Waals surface area contributed by atoms with Crippen LogP contribution in [0.15, 0.2) is 0 Å². The lowest BCUT2D eigenvalue weighted by Gasteiger charge is -2.35. The number of urea groups is 1. The summed E-state index contributed by atoms with van der Waals surface area (Å²) in [6, 6.07) is -0.521. The van der Waals surface area contributed by atoms with Crippen LogP contribution in [0.25, 0.3) is 0 Å². The van der Waals surface area contributed by atoms with Gasteiger partial charge in [0.2, 0.25) is 5.91 Å². The second-order valence-electron chi connectivity index (χ2n) is 5.87. The molecule has 120 valence electrons. The molecule has 0 unspecified atom stereocenters. The van der Waals surface area contributed by atoms with Crippen LogP contribution in [-0.4, -0.2) is 73.2 Å². The number of rotatable bonds is 2. The largest absolute Gasteiger partial charge is 0.444 e. The molecule has 0 radical (unpaired) electrons. The maximum Gasteiger partial charge on any atom is 0.410 e. The van der Waals surface area contributed by atoms with E-state index in [-0.39, 0.29) is 18.5 Å². The number of nitrogens with one attached hydrogen (secondary N) is 2. The average molecular weight is 300 g/mol. The predicted octanol–water partition coefficient (Wildman–Crippen LogP) is -0.00530. The van der Waals surface area contributed by atoms with E-state index in [4.69, 9.17) is 4.74 Å². The van der Waals surface area contributed by atoms with E-state index in [1.807, 2.05) is 25.7 Å². The van der Waals surface area contributed by atoms with Crippen LogP contribution in [0, 0.1) is 0 Å². The number of carbonyl (C=O) groups is 3. The molecule has 1 aliphatic rings. The molecule has 0 aromatic rings. The van der Waals surface area contributed by atoms with Gasteiger partial charge in [0.15, 0.2) is 0 Å². The molecule has 0 aromatic carbocycles. The second-order valence-corrected chi connectivity index (χ2v) is 5.87. The summed E-state index contributed by atoms with van der Waals surface area (Å²) in [5.41, 5.74) is -0.512. The molecule has 1 aliphatic heterocycles. The first-order valence-electron chi connectivity index (χ1n) is 6.93. The number of piperazine rings is 1. The number of amides is 4. The summed E-state index contributed by atoms with van der Waals surface area (Å²) in [5.74, 6) is -0.361. The molecule has 0 atom stereocenters. The first-order chi connectivity index (χ1) is 9.71. The Morgan fingerprint density at radius 1 is 1.10 bits per heavy atom. The third-order valence-electron chi connectivity index (χ3n) is 2.87. The zero-order chi connectivity index (χ0) is 16.0. The summed E-state index contributed by atoms with van der Waals surface area (Å²) in [5, 5.41) is 4.52. The Morgan fingerprint density at radius 3 is 2.14 bits per heavy atom. The Bertz CT molecular complexity index is 397. The van der Waals surface area contributed by atoms with Gasteiger partial charge in [0.05, 0.1) is 6.54 Å². The highest BCUT2D eigenvalue weighted by Crippen LogP contribution is 2.11. The van der Waals surface area contributed by atoms with Crippen LogP contribution in [0.5, 0.6) is 0 Å². The SMILES string of the molecule is CNC(=O)NC(=O)CN1CCN(C(=O)OC(C)(C)C)CC1. The topological polar surface area (TPSA) is 91.0 Å². The van der Waals surface area contributed by atoms with E-state index in [1.54, 1.807) is 4.90 Å². The summed E-state index contributed by atoms with van der Waals surface area (Å²) in [4.78, 5) is 38.0. The molecule has 21 heavy (non-hydrogen) atoms. The first-order valence-corrected chi connectivity index (χ1v) is 6.93. The molecule has 2 N–H and O–H groups in total. The Labute approximate surface area is 124 Å². The highest BCUT2D eigenvalue weighted by atomic mass is 16.6. The average Bonchev–Trinajstić information content (AvgIpc) is 2.37. The third kappa shape index (κ3) is 6.44. The fourth-order valence-electron chi connectivity index (χ4n) is 1.85. The summed E-state index contributed by atoms with van der Waals surface area (Å²) in [6.07, 6.45) is -0.336. The minimum atomic E-state index is -0.521. The van der Waals surface area contributed by atoms with Gasteiger partial charge in [-0.25, -0.2) is 9.59 Å². The maximum atomic E-state index is 11.9. The van der Waals surface area contributed by atoms with Crippen LogP contribution < -0.4 is 10.6 Å². The number of carbonyl (C=O) groups excluding carboxylic acids is 3. The van der Waals surface area contributed by atoms with Gasteiger partial charge in [-0.2, -0.15) is 0 Å². The minimum absolute atomic E-state index is 0.135. The van der Waals surface area contributed by atoms with Gasteiger partial charge < -0.3 is 15.0 Å². The zero-order valence-electron chi connectivity index (χ0n) is 13.1. The van der Waals surface area contributed by atoms with Gasteiger partial charge in [-0.3, -0.25) is 15.0 Å². The van der Waals surface area contributed by atoms with Crippen LogP contribution in [0.4, 0.5) is 9.59 Å². The number of ether oxygens (including phenoxy) is 1. The second kappa shape index (κ2) is 7.26. The lowest BCUT2D eigenvalue weighted by atomic mass is 10.2. The van der Waals surface area contributed by atoms with Crippen molar-refractivity contribution in [2.24, 2.45) is 0 Å². The van der Waals surface area contributed by atoms with Gasteiger partial charge >= 0.3 is 12.1 Å². The zero-order valence-corrected chi connectivity index (χ0v) is 13.1. The lowest BCUT2D eigenvalue weighted by Crippen LogP contribution is -2.52. The Hall–Kier alpha value is -1.83. The van der Waals surface area contributed by atoms with Crippen LogP contribution in [0.3, 0.4) is 0 Å². The predicted molar refractivity (Wildman–Crippen MR) is 76.8 cm³/mol. The van der Waals surface area contributed by atoms with Crippen molar-refractivity contribution in [2.45, 2.75) is 26.4 Å². The van der Waals surface area contributed by atoms with Crippen LogP contribution in [0.2, 0.25) is 0 Å². The number of imide groups is 1. The van der Waals surface area contributed by atoms with E-state index < -0.39 is 11.6 Å². The van der Waals surface area contributed by atoms with Gasteiger partial charge in [-0.15, -0.1) is 0 Å². The molecule has 0 bridgehead atoms. The van der Waals surface area contributed by atoms with E-state index >= 15 is 0 Å². The van der Waals surface area contributed by atoms with Crippen molar-refractivity contribution in [1.82, 2.24) is 20.4 Å². The van der Waals surface area contributed by atoms with Crippen molar-refractivity contribution < 1.29 is 19.1 Å². The van der Waals surface area contributed by atoms with Crippen molar-refractivity contribution in [3.05, 3.63) is 0 Å². The van der Waals surface area contributed by atoms with E-state index in [0.717, 1.165) is 0 Å². The molecule has 0 saturated carbocycles. The molecular formula is C13H24N4O4. The maximum absolute atomic E-state index is 11.9. The Morgan fingerprint density at radius 2 is 1.67 bits per heavy atom. The molecule has 8 nitrogen and oxygen atoms in total. The summed E-state index contributed by atoms with van der Waals surface area (Å²) >= 11 is 0. The normalized spacial score (nSPS) is 16.3. The fourth-order valence-corrected chi connectivity index (χ4v) is 1.85. The molecule has 1 rings (SSSR count). The molecule has 0 spiro atoms. The van der Waals surface area contributed by atoms with Crippen molar-refractivity contribution >= 4 is 18.0 Å². The Balaban J connectivity index is 2.34. The number of hydrogen-bond donors (Lipinski definition) is 2. The van der Waals surface area contributed by atoms with E-state index in [1.165, 1.54) is 7.05 Å². The summed E-state index contributed by atoms with van der Waals surface area (Å²) in [7, 11) is 1.45. The number of nitrogens with zero attached hydrogens (tertiary/aromatic N) is 2. The summed E-state index contributed by atoms with van der Waals surface area (Å²) in [6.45, 7) is 7.75. The molecule has 1 saturated heterocycles. The van der Waals surface area contributed by atoms with Crippen molar-refractivity contribution in [2.75, 3.05) is 39.8 Å². The smallest absolute Gasteiger partial charge is 0.410 e. The van der Waals surface area contributed by atoms with Crippen molar-refractivity contribution in [3.63, 3.8) is 0 Å². The Kier molecular flexibility index (Phi) is 5.95. The van der Waals surface area contributed by atoms with E-state index in [0.29, 0.717) is 26.2 Å². The standard InChI is InChI=1S/C13H24N4O4/c1-13(2,3)21-12(20)17-7-5-16(6-8-17)9-10(18)15-11(19)14-4/h5-9H2,1-4H3,(H2,14,15,18,19). The highest BCUT2D eigenvalue weighted by molar-refractivity contribution is 5.95. The molecule has 0 aromatic heterocycles. The van der Waals surface area contributed by atoms with Crippen molar-refractivity contribution in [3.8, 4) is 0 Å². The monoisotopic (exact) mass is 300 g/mol. The third-order valence-corrected chi connectivity index (χ3v) is 2.87. The van der Waals surface area contributed by atoms with Crippen molar-refractivity contribution in [1.29, 1.82) is 0 Å². The molecule has 4 amide bonds. The molecule has 1 fully saturated rings. The fraction of sp³-hybridized carbons (Fsp3) is 0.769.